The zero-order chi connectivity index (χ0) is 27.1. The molecular weight excluding hydrogens is 529 g/mol. The van der Waals surface area contributed by atoms with Crippen LogP contribution in [0.4, 0.5) is 23.7 Å². The first kappa shape index (κ1) is 28.4. The molecule has 0 heterocycles. The Kier molecular flexibility index (Phi) is 9.46. The van der Waals surface area contributed by atoms with Crippen LogP contribution in [0.15, 0.2) is 82.6 Å². The summed E-state index contributed by atoms with van der Waals surface area (Å²) in [5.74, 6) is -0.0806. The smallest absolute Gasteiger partial charge is 0.383 e. The quantitative estimate of drug-likeness (QED) is 0.249. The van der Waals surface area contributed by atoms with Crippen LogP contribution >= 0.6 is 11.8 Å². The van der Waals surface area contributed by atoms with Crippen LogP contribution in [0, 0.1) is 0 Å². The lowest BCUT2D eigenvalue weighted by atomic mass is 10.2. The number of carbonyl (C=O) groups is 1. The maximum Gasteiger partial charge on any atom is 0.416 e. The number of ether oxygens (including phenoxy) is 1. The summed E-state index contributed by atoms with van der Waals surface area (Å²) in [6.45, 7) is 0.793. The zero-order valence-corrected chi connectivity index (χ0v) is 21.6. The van der Waals surface area contributed by atoms with Gasteiger partial charge in [-0.1, -0.05) is 18.2 Å². The number of amides is 2. The van der Waals surface area contributed by atoms with Gasteiger partial charge in [-0.15, -0.1) is 11.8 Å². The maximum atomic E-state index is 12.9. The minimum Gasteiger partial charge on any atom is -0.383 e. The van der Waals surface area contributed by atoms with E-state index in [0.29, 0.717) is 30.5 Å². The lowest BCUT2D eigenvalue weighted by molar-refractivity contribution is -0.137. The molecule has 37 heavy (non-hydrogen) atoms. The molecule has 12 heteroatoms. The number of halogens is 3. The van der Waals surface area contributed by atoms with Gasteiger partial charge < -0.3 is 19.1 Å². The highest BCUT2D eigenvalue weighted by Crippen LogP contribution is 2.31. The zero-order valence-electron chi connectivity index (χ0n) is 20.0. The molecule has 3 aromatic rings. The van der Waals surface area contributed by atoms with Crippen LogP contribution in [0.1, 0.15) is 11.1 Å². The number of carbonyl (C=O) groups excluding carboxylic acids is 1. The molecule has 0 aliphatic heterocycles. The van der Waals surface area contributed by atoms with Crippen molar-refractivity contribution < 1.29 is 35.3 Å². The Bertz CT molecular complexity index is 1300. The number of nitrogens with one attached hydrogen (secondary N) is 1. The predicted molar refractivity (Wildman–Crippen MR) is 135 cm³/mol. The molecule has 0 atom stereocenters. The second-order valence-corrected chi connectivity index (χ2v) is 10.2. The minimum absolute atomic E-state index is 0.0806. The van der Waals surface area contributed by atoms with Crippen LogP contribution in [0.2, 0.25) is 0 Å². The molecule has 0 saturated heterocycles. The van der Waals surface area contributed by atoms with Gasteiger partial charge in [0.25, 0.3) is 0 Å². The van der Waals surface area contributed by atoms with E-state index in [1.54, 1.807) is 36.0 Å². The standard InChI is InChI=1S/C25H25F3N2O5S2/c1-34-15-14-30(24(31)29-20-8-12-22(36-2)13-9-20)17-18-6-10-21(11-7-18)35-37(32,33)23-5-3-4-19(16-23)25(26,27)28/h3-13,16H,14-15,17H2,1-2H3,(H,29,31). The summed E-state index contributed by atoms with van der Waals surface area (Å²) >= 11 is 1.59. The SMILES string of the molecule is COCCN(Cc1ccc(OS(=O)(=O)c2cccc(C(F)(F)F)c2)cc1)C(=O)Nc1ccc(SC)cc1. The van der Waals surface area contributed by atoms with Gasteiger partial charge in [-0.2, -0.15) is 21.6 Å². The van der Waals surface area contributed by atoms with Crippen LogP contribution in [-0.4, -0.2) is 45.9 Å². The predicted octanol–water partition coefficient (Wildman–Crippen LogP) is 5.88. The van der Waals surface area contributed by atoms with Gasteiger partial charge in [0.05, 0.1) is 12.2 Å². The highest BCUT2D eigenvalue weighted by Gasteiger charge is 2.32. The van der Waals surface area contributed by atoms with Gasteiger partial charge >= 0.3 is 22.3 Å². The van der Waals surface area contributed by atoms with E-state index in [9.17, 15) is 26.4 Å². The third-order valence-corrected chi connectivity index (χ3v) is 7.13. The lowest BCUT2D eigenvalue weighted by Crippen LogP contribution is -2.36. The summed E-state index contributed by atoms with van der Waals surface area (Å²) in [4.78, 5) is 14.8. The van der Waals surface area contributed by atoms with Crippen LogP contribution < -0.4 is 9.50 Å². The number of alkyl halides is 3. The summed E-state index contributed by atoms with van der Waals surface area (Å²) in [7, 11) is -2.97. The molecule has 0 saturated carbocycles. The Morgan fingerprint density at radius 1 is 1.03 bits per heavy atom. The van der Waals surface area contributed by atoms with E-state index in [1.165, 1.54) is 24.1 Å². The summed E-state index contributed by atoms with van der Waals surface area (Å²) < 4.78 is 73.9. The van der Waals surface area contributed by atoms with Gasteiger partial charge in [0.15, 0.2) is 0 Å². The van der Waals surface area contributed by atoms with E-state index in [0.717, 1.165) is 23.1 Å². The van der Waals surface area contributed by atoms with Gasteiger partial charge in [-0.25, -0.2) is 4.79 Å². The fourth-order valence-corrected chi connectivity index (χ4v) is 4.59. The van der Waals surface area contributed by atoms with Crippen molar-refractivity contribution in [2.24, 2.45) is 0 Å². The average Bonchev–Trinajstić information content (AvgIpc) is 2.87. The molecule has 0 fully saturated rings. The third-order valence-electron chi connectivity index (χ3n) is 5.15. The van der Waals surface area contributed by atoms with Crippen molar-refractivity contribution in [2.45, 2.75) is 22.5 Å². The minimum atomic E-state index is -4.69. The van der Waals surface area contributed by atoms with Crippen LogP contribution in [0.3, 0.4) is 0 Å². The van der Waals surface area contributed by atoms with Gasteiger partial charge in [-0.05, 0) is 66.4 Å². The molecule has 2 amide bonds. The number of methoxy groups -OCH3 is 1. The molecule has 1 N–H and O–H groups in total. The van der Waals surface area contributed by atoms with Gasteiger partial charge in [0.2, 0.25) is 0 Å². The molecule has 7 nitrogen and oxygen atoms in total. The number of rotatable bonds is 10. The molecule has 198 valence electrons. The van der Waals surface area contributed by atoms with Crippen LogP contribution in [-0.2, 0) is 27.6 Å². The fourth-order valence-electron chi connectivity index (χ4n) is 3.20. The fraction of sp³-hybridized carbons (Fsp3) is 0.240. The number of anilines is 1. The van der Waals surface area contributed by atoms with Gasteiger partial charge in [0, 0.05) is 30.8 Å². The van der Waals surface area contributed by atoms with E-state index >= 15 is 0 Å². The molecular formula is C25H25F3N2O5S2. The van der Waals surface area contributed by atoms with E-state index in [4.69, 9.17) is 8.92 Å². The summed E-state index contributed by atoms with van der Waals surface area (Å²) in [6.07, 6.45) is -2.73. The van der Waals surface area contributed by atoms with Crippen molar-refractivity contribution in [2.75, 3.05) is 31.8 Å². The number of hydrogen-bond acceptors (Lipinski definition) is 6. The van der Waals surface area contributed by atoms with E-state index in [-0.39, 0.29) is 18.3 Å². The lowest BCUT2D eigenvalue weighted by Gasteiger charge is -2.23. The largest absolute Gasteiger partial charge is 0.416 e. The molecule has 0 spiro atoms. The molecule has 0 aliphatic rings. The van der Waals surface area contributed by atoms with E-state index in [2.05, 4.69) is 5.32 Å². The van der Waals surface area contributed by atoms with Crippen molar-refractivity contribution in [3.05, 3.63) is 83.9 Å². The Labute approximate surface area is 217 Å². The van der Waals surface area contributed by atoms with Gasteiger partial charge in [0.1, 0.15) is 10.6 Å². The first-order valence-electron chi connectivity index (χ1n) is 10.9. The third kappa shape index (κ3) is 8.14. The normalized spacial score (nSPS) is 11.7. The first-order valence-corrected chi connectivity index (χ1v) is 13.5. The topological polar surface area (TPSA) is 84.9 Å². The van der Waals surface area contributed by atoms with Crippen molar-refractivity contribution in [1.29, 1.82) is 0 Å². The van der Waals surface area contributed by atoms with Crippen molar-refractivity contribution in [3.8, 4) is 5.75 Å². The maximum absolute atomic E-state index is 12.9. The molecule has 3 rings (SSSR count). The first-order chi connectivity index (χ1) is 17.5. The van der Waals surface area contributed by atoms with Gasteiger partial charge in [-0.3, -0.25) is 0 Å². The van der Waals surface area contributed by atoms with Crippen LogP contribution in [0.25, 0.3) is 0 Å². The molecule has 0 bridgehead atoms. The average molecular weight is 555 g/mol. The second kappa shape index (κ2) is 12.3. The van der Waals surface area contributed by atoms with Crippen LogP contribution in [0.5, 0.6) is 5.75 Å². The summed E-state index contributed by atoms with van der Waals surface area (Å²) in [6, 6.07) is 16.2. The number of hydrogen-bond donors (Lipinski definition) is 1. The molecule has 0 radical (unpaired) electrons. The Balaban J connectivity index is 1.69. The number of benzene rings is 3. The number of nitrogens with zero attached hydrogens (tertiary/aromatic N) is 1. The van der Waals surface area contributed by atoms with E-state index in [1.807, 2.05) is 18.4 Å². The Morgan fingerprint density at radius 3 is 2.30 bits per heavy atom. The van der Waals surface area contributed by atoms with E-state index < -0.39 is 26.8 Å². The van der Waals surface area contributed by atoms with Crippen molar-refractivity contribution >= 4 is 33.6 Å². The Morgan fingerprint density at radius 2 is 1.70 bits per heavy atom. The van der Waals surface area contributed by atoms with Crippen molar-refractivity contribution in [1.82, 2.24) is 4.90 Å². The summed E-state index contributed by atoms with van der Waals surface area (Å²) in [5, 5.41) is 2.84. The number of thioether (sulfide) groups is 1. The monoisotopic (exact) mass is 554 g/mol. The Hall–Kier alpha value is -3.22. The molecule has 0 aromatic heterocycles. The number of urea groups is 1. The molecule has 0 aliphatic carbocycles. The highest BCUT2D eigenvalue weighted by molar-refractivity contribution is 7.98. The highest BCUT2D eigenvalue weighted by atomic mass is 32.2. The van der Waals surface area contributed by atoms with Crippen molar-refractivity contribution in [3.63, 3.8) is 0 Å². The summed E-state index contributed by atoms with van der Waals surface area (Å²) in [5.41, 5.74) is 0.212. The second-order valence-electron chi connectivity index (χ2n) is 7.78. The molecule has 3 aromatic carbocycles. The molecule has 0 unspecified atom stereocenters.